The van der Waals surface area contributed by atoms with Gasteiger partial charge < -0.3 is 14.8 Å². The zero-order valence-electron chi connectivity index (χ0n) is 13.5. The first-order valence-electron chi connectivity index (χ1n) is 7.34. The molecule has 5 nitrogen and oxygen atoms in total. The lowest BCUT2D eigenvalue weighted by molar-refractivity contribution is -0.146. The van der Waals surface area contributed by atoms with E-state index >= 15 is 0 Å². The van der Waals surface area contributed by atoms with Crippen LogP contribution in [0.2, 0.25) is 0 Å². The highest BCUT2D eigenvalue weighted by molar-refractivity contribution is 5.72. The van der Waals surface area contributed by atoms with Crippen LogP contribution in [0.25, 0.3) is 0 Å². The first-order chi connectivity index (χ1) is 9.30. The van der Waals surface area contributed by atoms with Gasteiger partial charge in [0.05, 0.1) is 13.0 Å². The molecule has 0 rings (SSSR count). The van der Waals surface area contributed by atoms with Crippen molar-refractivity contribution >= 4 is 12.1 Å². The molecule has 0 saturated carbocycles. The Kier molecular flexibility index (Phi) is 9.01. The maximum Gasteiger partial charge on any atom is 0.407 e. The minimum Gasteiger partial charge on any atom is -0.469 e. The SMILES string of the molecule is CCC[C@@H](CCCCNC(=O)OC(C)(C)C)C(=O)OC. The van der Waals surface area contributed by atoms with Gasteiger partial charge in [-0.1, -0.05) is 19.8 Å². The van der Waals surface area contributed by atoms with E-state index in [0.29, 0.717) is 6.54 Å². The van der Waals surface area contributed by atoms with Crippen LogP contribution in [-0.2, 0) is 14.3 Å². The Morgan fingerprint density at radius 1 is 1.15 bits per heavy atom. The maximum absolute atomic E-state index is 11.5. The number of methoxy groups -OCH3 is 1. The smallest absolute Gasteiger partial charge is 0.407 e. The average Bonchev–Trinajstić information content (AvgIpc) is 2.34. The lowest BCUT2D eigenvalue weighted by Gasteiger charge is -2.19. The van der Waals surface area contributed by atoms with Gasteiger partial charge in [-0.3, -0.25) is 4.79 Å². The molecule has 0 fully saturated rings. The first kappa shape index (κ1) is 18.7. The van der Waals surface area contributed by atoms with Crippen LogP contribution < -0.4 is 5.32 Å². The summed E-state index contributed by atoms with van der Waals surface area (Å²) < 4.78 is 9.92. The van der Waals surface area contributed by atoms with Crippen LogP contribution >= 0.6 is 0 Å². The highest BCUT2D eigenvalue weighted by Gasteiger charge is 2.18. The fraction of sp³-hybridized carbons (Fsp3) is 0.867. The lowest BCUT2D eigenvalue weighted by atomic mass is 9.97. The number of carbonyl (C=O) groups excluding carboxylic acids is 2. The Bertz CT molecular complexity index is 297. The number of esters is 1. The van der Waals surface area contributed by atoms with Gasteiger partial charge in [-0.2, -0.15) is 0 Å². The summed E-state index contributed by atoms with van der Waals surface area (Å²) in [5, 5.41) is 2.71. The van der Waals surface area contributed by atoms with E-state index in [9.17, 15) is 9.59 Å². The third kappa shape index (κ3) is 9.64. The number of hydrogen-bond acceptors (Lipinski definition) is 4. The second-order valence-electron chi connectivity index (χ2n) is 5.93. The topological polar surface area (TPSA) is 64.6 Å². The zero-order chi connectivity index (χ0) is 15.6. The molecule has 0 aromatic rings. The normalized spacial score (nSPS) is 12.7. The number of unbranched alkanes of at least 4 members (excludes halogenated alkanes) is 1. The van der Waals surface area contributed by atoms with Gasteiger partial charge in [0, 0.05) is 6.54 Å². The van der Waals surface area contributed by atoms with E-state index in [2.05, 4.69) is 12.2 Å². The Morgan fingerprint density at radius 2 is 1.80 bits per heavy atom. The van der Waals surface area contributed by atoms with Gasteiger partial charge >= 0.3 is 12.1 Å². The molecule has 0 aliphatic heterocycles. The third-order valence-corrected chi connectivity index (χ3v) is 2.82. The van der Waals surface area contributed by atoms with Crippen molar-refractivity contribution in [3.05, 3.63) is 0 Å². The quantitative estimate of drug-likeness (QED) is 0.549. The summed E-state index contributed by atoms with van der Waals surface area (Å²) in [4.78, 5) is 22.9. The van der Waals surface area contributed by atoms with Crippen molar-refractivity contribution in [2.24, 2.45) is 5.92 Å². The Balaban J connectivity index is 3.79. The molecule has 0 aromatic carbocycles. The molecule has 0 spiro atoms. The highest BCUT2D eigenvalue weighted by atomic mass is 16.6. The number of amides is 1. The van der Waals surface area contributed by atoms with Crippen LogP contribution in [-0.4, -0.2) is 31.3 Å². The summed E-state index contributed by atoms with van der Waals surface area (Å²) >= 11 is 0. The second-order valence-corrected chi connectivity index (χ2v) is 5.93. The molecule has 0 saturated heterocycles. The molecule has 0 radical (unpaired) electrons. The minimum absolute atomic E-state index is 0.0217. The van der Waals surface area contributed by atoms with E-state index in [1.807, 2.05) is 20.8 Å². The van der Waals surface area contributed by atoms with Crippen LogP contribution in [0, 0.1) is 5.92 Å². The van der Waals surface area contributed by atoms with Crippen LogP contribution in [0.4, 0.5) is 4.79 Å². The first-order valence-corrected chi connectivity index (χ1v) is 7.34. The maximum atomic E-state index is 11.5. The molecule has 0 unspecified atom stereocenters. The Labute approximate surface area is 122 Å². The largest absolute Gasteiger partial charge is 0.469 e. The number of alkyl carbamates (subject to hydrolysis) is 1. The Hall–Kier alpha value is -1.26. The fourth-order valence-electron chi connectivity index (χ4n) is 1.92. The zero-order valence-corrected chi connectivity index (χ0v) is 13.5. The molecule has 0 aliphatic rings. The van der Waals surface area contributed by atoms with Crippen molar-refractivity contribution < 1.29 is 19.1 Å². The molecule has 5 heteroatoms. The van der Waals surface area contributed by atoms with Crippen molar-refractivity contribution in [1.29, 1.82) is 0 Å². The van der Waals surface area contributed by atoms with Crippen molar-refractivity contribution in [2.75, 3.05) is 13.7 Å². The summed E-state index contributed by atoms with van der Waals surface area (Å²) in [5.41, 5.74) is -0.471. The average molecular weight is 287 g/mol. The monoisotopic (exact) mass is 287 g/mol. The van der Waals surface area contributed by atoms with Crippen molar-refractivity contribution in [3.63, 3.8) is 0 Å². The predicted molar refractivity (Wildman–Crippen MR) is 78.5 cm³/mol. The number of nitrogens with one attached hydrogen (secondary N) is 1. The summed E-state index contributed by atoms with van der Waals surface area (Å²) in [7, 11) is 1.43. The highest BCUT2D eigenvalue weighted by Crippen LogP contribution is 2.16. The van der Waals surface area contributed by atoms with Gasteiger partial charge in [0.15, 0.2) is 0 Å². The molecule has 1 atom stereocenters. The van der Waals surface area contributed by atoms with E-state index in [-0.39, 0.29) is 11.9 Å². The van der Waals surface area contributed by atoms with Gasteiger partial charge in [-0.15, -0.1) is 0 Å². The van der Waals surface area contributed by atoms with Crippen LogP contribution in [0.1, 0.15) is 59.8 Å². The number of hydrogen-bond donors (Lipinski definition) is 1. The summed E-state index contributed by atoms with van der Waals surface area (Å²) in [5.74, 6) is -0.154. The predicted octanol–water partition coefficient (Wildman–Crippen LogP) is 3.27. The van der Waals surface area contributed by atoms with Crippen LogP contribution in [0.15, 0.2) is 0 Å². The molecular formula is C15H29NO4. The van der Waals surface area contributed by atoms with Gasteiger partial charge in [0.25, 0.3) is 0 Å². The van der Waals surface area contributed by atoms with Gasteiger partial charge in [-0.25, -0.2) is 4.79 Å². The molecule has 118 valence electrons. The summed E-state index contributed by atoms with van der Waals surface area (Å²) in [6.45, 7) is 8.11. The van der Waals surface area contributed by atoms with E-state index in [0.717, 1.165) is 32.1 Å². The van der Waals surface area contributed by atoms with E-state index in [4.69, 9.17) is 9.47 Å². The number of ether oxygens (including phenoxy) is 2. The fourth-order valence-corrected chi connectivity index (χ4v) is 1.92. The van der Waals surface area contributed by atoms with Gasteiger partial charge in [0.1, 0.15) is 5.60 Å². The van der Waals surface area contributed by atoms with Crippen LogP contribution in [0.5, 0.6) is 0 Å². The van der Waals surface area contributed by atoms with Crippen molar-refractivity contribution in [1.82, 2.24) is 5.32 Å². The number of carbonyl (C=O) groups is 2. The standard InChI is InChI=1S/C15H29NO4/c1-6-9-12(13(17)19-5)10-7-8-11-16-14(18)20-15(2,3)4/h12H,6-11H2,1-5H3,(H,16,18)/t12-/m0/s1. The third-order valence-electron chi connectivity index (χ3n) is 2.82. The molecule has 0 aliphatic carbocycles. The number of rotatable bonds is 8. The molecular weight excluding hydrogens is 258 g/mol. The van der Waals surface area contributed by atoms with E-state index < -0.39 is 11.7 Å². The summed E-state index contributed by atoms with van der Waals surface area (Å²) in [6.07, 6.45) is 3.94. The summed E-state index contributed by atoms with van der Waals surface area (Å²) in [6, 6.07) is 0. The molecule has 1 N–H and O–H groups in total. The molecule has 0 bridgehead atoms. The van der Waals surface area contributed by atoms with Crippen molar-refractivity contribution in [3.8, 4) is 0 Å². The van der Waals surface area contributed by atoms with Gasteiger partial charge in [0.2, 0.25) is 0 Å². The van der Waals surface area contributed by atoms with Crippen molar-refractivity contribution in [2.45, 2.75) is 65.4 Å². The van der Waals surface area contributed by atoms with E-state index in [1.54, 1.807) is 0 Å². The second kappa shape index (κ2) is 9.61. The molecule has 0 heterocycles. The molecule has 20 heavy (non-hydrogen) atoms. The minimum atomic E-state index is -0.471. The van der Waals surface area contributed by atoms with E-state index in [1.165, 1.54) is 7.11 Å². The molecule has 1 amide bonds. The molecule has 0 aromatic heterocycles. The van der Waals surface area contributed by atoms with Gasteiger partial charge in [-0.05, 0) is 40.0 Å². The van der Waals surface area contributed by atoms with Crippen LogP contribution in [0.3, 0.4) is 0 Å². The lowest BCUT2D eigenvalue weighted by Crippen LogP contribution is -2.33. The Morgan fingerprint density at radius 3 is 2.30 bits per heavy atom.